The van der Waals surface area contributed by atoms with Crippen LogP contribution in [-0.2, 0) is 17.6 Å². The van der Waals surface area contributed by atoms with Crippen LogP contribution in [0.4, 0.5) is 0 Å². The number of hydrogen-bond acceptors (Lipinski definition) is 4. The van der Waals surface area contributed by atoms with Gasteiger partial charge in [0.25, 0.3) is 0 Å². The van der Waals surface area contributed by atoms with Crippen LogP contribution >= 0.6 is 0 Å². The van der Waals surface area contributed by atoms with E-state index in [2.05, 4.69) is 48.4 Å². The zero-order valence-corrected chi connectivity index (χ0v) is 13.3. The summed E-state index contributed by atoms with van der Waals surface area (Å²) >= 11 is 0. The van der Waals surface area contributed by atoms with Gasteiger partial charge in [0.05, 0.1) is 18.8 Å². The highest BCUT2D eigenvalue weighted by atomic mass is 16.5. The maximum absolute atomic E-state index is 5.94. The van der Waals surface area contributed by atoms with Gasteiger partial charge in [0, 0.05) is 13.1 Å². The summed E-state index contributed by atoms with van der Waals surface area (Å²) in [4.78, 5) is 2.47. The molecule has 4 nitrogen and oxygen atoms in total. The van der Waals surface area contributed by atoms with Crippen molar-refractivity contribution in [2.45, 2.75) is 45.3 Å². The monoisotopic (exact) mass is 291 g/mol. The van der Waals surface area contributed by atoms with Crippen LogP contribution in [0.5, 0.6) is 0 Å². The topological polar surface area (TPSA) is 50.5 Å². The molecule has 2 unspecified atom stereocenters. The number of aryl methyl sites for hydroxylation is 1. The van der Waals surface area contributed by atoms with Crippen LogP contribution in [0, 0.1) is 0 Å². The van der Waals surface area contributed by atoms with Crippen molar-refractivity contribution in [2.24, 2.45) is 5.84 Å². The molecule has 1 aliphatic heterocycles. The van der Waals surface area contributed by atoms with Gasteiger partial charge in [0.1, 0.15) is 0 Å². The second-order valence-corrected chi connectivity index (χ2v) is 5.86. The molecule has 1 heterocycles. The number of benzene rings is 1. The Balaban J connectivity index is 1.94. The Kier molecular flexibility index (Phi) is 6.64. The summed E-state index contributed by atoms with van der Waals surface area (Å²) in [6.07, 6.45) is 3.34. The van der Waals surface area contributed by atoms with Gasteiger partial charge < -0.3 is 4.74 Å². The van der Waals surface area contributed by atoms with Gasteiger partial charge in [-0.25, -0.2) is 0 Å². The average molecular weight is 291 g/mol. The van der Waals surface area contributed by atoms with E-state index in [1.54, 1.807) is 0 Å². The fraction of sp³-hybridized carbons (Fsp3) is 0.647. The van der Waals surface area contributed by atoms with Crippen LogP contribution in [0.3, 0.4) is 0 Å². The standard InChI is InChI=1S/C17H29N3O/c1-3-9-20-10-11-21-17(13-20)16(19-18)12-15-7-5-14(4-2)6-8-15/h5-8,16-17,19H,3-4,9-13,18H2,1-2H3. The number of hydrazine groups is 1. The van der Waals surface area contributed by atoms with Crippen molar-refractivity contribution in [3.63, 3.8) is 0 Å². The number of ether oxygens (including phenoxy) is 1. The first-order valence-electron chi connectivity index (χ1n) is 8.14. The first-order chi connectivity index (χ1) is 10.3. The lowest BCUT2D eigenvalue weighted by atomic mass is 9.99. The van der Waals surface area contributed by atoms with Gasteiger partial charge in [-0.15, -0.1) is 0 Å². The fourth-order valence-electron chi connectivity index (χ4n) is 2.96. The second-order valence-electron chi connectivity index (χ2n) is 5.86. The van der Waals surface area contributed by atoms with E-state index in [0.29, 0.717) is 0 Å². The number of nitrogens with zero attached hydrogens (tertiary/aromatic N) is 1. The van der Waals surface area contributed by atoms with Crippen LogP contribution in [0.15, 0.2) is 24.3 Å². The Morgan fingerprint density at radius 1 is 1.29 bits per heavy atom. The normalized spacial score (nSPS) is 21.4. The second kappa shape index (κ2) is 8.49. The molecule has 1 aromatic rings. The first kappa shape index (κ1) is 16.4. The van der Waals surface area contributed by atoms with Crippen LogP contribution < -0.4 is 11.3 Å². The molecule has 0 amide bonds. The molecule has 118 valence electrons. The molecular formula is C17H29N3O. The first-order valence-corrected chi connectivity index (χ1v) is 8.14. The third-order valence-electron chi connectivity index (χ3n) is 4.27. The van der Waals surface area contributed by atoms with Gasteiger partial charge in [0.15, 0.2) is 0 Å². The van der Waals surface area contributed by atoms with Crippen molar-refractivity contribution in [1.82, 2.24) is 10.3 Å². The van der Waals surface area contributed by atoms with Gasteiger partial charge in [-0.3, -0.25) is 16.2 Å². The van der Waals surface area contributed by atoms with Crippen molar-refractivity contribution in [2.75, 3.05) is 26.2 Å². The van der Waals surface area contributed by atoms with Crippen molar-refractivity contribution in [3.05, 3.63) is 35.4 Å². The third-order valence-corrected chi connectivity index (χ3v) is 4.27. The minimum absolute atomic E-state index is 0.164. The van der Waals surface area contributed by atoms with Crippen molar-refractivity contribution in [3.8, 4) is 0 Å². The van der Waals surface area contributed by atoms with Crippen LogP contribution in [0.1, 0.15) is 31.4 Å². The molecule has 1 aromatic carbocycles. The SMILES string of the molecule is CCCN1CCOC(C(Cc2ccc(CC)cc2)NN)C1. The molecule has 21 heavy (non-hydrogen) atoms. The lowest BCUT2D eigenvalue weighted by Gasteiger charge is -2.36. The number of nitrogens with one attached hydrogen (secondary N) is 1. The van der Waals surface area contributed by atoms with Gasteiger partial charge in [-0.2, -0.15) is 0 Å². The number of rotatable bonds is 7. The van der Waals surface area contributed by atoms with Crippen LogP contribution in [-0.4, -0.2) is 43.3 Å². The van der Waals surface area contributed by atoms with Gasteiger partial charge in [-0.1, -0.05) is 38.1 Å². The van der Waals surface area contributed by atoms with Crippen LogP contribution in [0.2, 0.25) is 0 Å². The highest BCUT2D eigenvalue weighted by Crippen LogP contribution is 2.14. The number of morpholine rings is 1. The number of nitrogens with two attached hydrogens (primary N) is 1. The number of hydrogen-bond donors (Lipinski definition) is 2. The highest BCUT2D eigenvalue weighted by Gasteiger charge is 2.27. The zero-order valence-electron chi connectivity index (χ0n) is 13.3. The molecule has 1 fully saturated rings. The quantitative estimate of drug-likeness (QED) is 0.593. The molecule has 1 aliphatic rings. The predicted octanol–water partition coefficient (Wildman–Crippen LogP) is 1.73. The van der Waals surface area contributed by atoms with E-state index in [9.17, 15) is 0 Å². The molecule has 3 N–H and O–H groups in total. The Bertz CT molecular complexity index is 405. The van der Waals surface area contributed by atoms with Crippen LogP contribution in [0.25, 0.3) is 0 Å². The maximum Gasteiger partial charge on any atom is 0.0871 e. The fourth-order valence-corrected chi connectivity index (χ4v) is 2.96. The van der Waals surface area contributed by atoms with E-state index < -0.39 is 0 Å². The summed E-state index contributed by atoms with van der Waals surface area (Å²) in [6.45, 7) is 8.35. The summed E-state index contributed by atoms with van der Waals surface area (Å²) in [5.41, 5.74) is 5.65. The zero-order chi connectivity index (χ0) is 15.1. The van der Waals surface area contributed by atoms with Crippen molar-refractivity contribution >= 4 is 0 Å². The largest absolute Gasteiger partial charge is 0.374 e. The van der Waals surface area contributed by atoms with Gasteiger partial charge >= 0.3 is 0 Å². The molecule has 0 radical (unpaired) electrons. The molecule has 0 spiro atoms. The Morgan fingerprint density at radius 2 is 2.00 bits per heavy atom. The van der Waals surface area contributed by atoms with E-state index in [4.69, 9.17) is 10.6 Å². The summed E-state index contributed by atoms with van der Waals surface area (Å²) in [5, 5.41) is 0. The molecular weight excluding hydrogens is 262 g/mol. The summed E-state index contributed by atoms with van der Waals surface area (Å²) in [6, 6.07) is 8.98. The summed E-state index contributed by atoms with van der Waals surface area (Å²) in [5.74, 6) is 5.78. The molecule has 0 bridgehead atoms. The highest BCUT2D eigenvalue weighted by molar-refractivity contribution is 5.23. The summed E-state index contributed by atoms with van der Waals surface area (Å²) in [7, 11) is 0. The van der Waals surface area contributed by atoms with E-state index in [1.807, 2.05) is 0 Å². The Labute approximate surface area is 128 Å². The third kappa shape index (κ3) is 4.78. The smallest absolute Gasteiger partial charge is 0.0871 e. The van der Waals surface area contributed by atoms with E-state index in [0.717, 1.165) is 39.1 Å². The van der Waals surface area contributed by atoms with Gasteiger partial charge in [-0.05, 0) is 36.9 Å². The average Bonchev–Trinajstić information content (AvgIpc) is 2.54. The maximum atomic E-state index is 5.94. The molecule has 0 aliphatic carbocycles. The molecule has 0 saturated carbocycles. The van der Waals surface area contributed by atoms with E-state index >= 15 is 0 Å². The Hall–Kier alpha value is -0.940. The molecule has 4 heteroatoms. The van der Waals surface area contributed by atoms with Crippen molar-refractivity contribution in [1.29, 1.82) is 0 Å². The molecule has 1 saturated heterocycles. The minimum atomic E-state index is 0.164. The predicted molar refractivity (Wildman–Crippen MR) is 87.1 cm³/mol. The van der Waals surface area contributed by atoms with E-state index in [-0.39, 0.29) is 12.1 Å². The lowest BCUT2D eigenvalue weighted by Crippen LogP contribution is -2.54. The molecule has 2 rings (SSSR count). The van der Waals surface area contributed by atoms with E-state index in [1.165, 1.54) is 17.5 Å². The Morgan fingerprint density at radius 3 is 2.62 bits per heavy atom. The molecule has 0 aromatic heterocycles. The molecule has 2 atom stereocenters. The minimum Gasteiger partial charge on any atom is -0.374 e. The lowest BCUT2D eigenvalue weighted by molar-refractivity contribution is -0.0462. The summed E-state index contributed by atoms with van der Waals surface area (Å²) < 4.78 is 5.94. The van der Waals surface area contributed by atoms with Crippen molar-refractivity contribution < 1.29 is 4.74 Å². The van der Waals surface area contributed by atoms with Gasteiger partial charge in [0.2, 0.25) is 0 Å².